The minimum Gasteiger partial charge on any atom is -0.322 e. The van der Waals surface area contributed by atoms with E-state index in [9.17, 15) is 23.2 Å². The molecule has 0 radical (unpaired) electrons. The monoisotopic (exact) mass is 401 g/mol. The van der Waals surface area contributed by atoms with Crippen LogP contribution in [0, 0.1) is 17.6 Å². The second-order valence-electron chi connectivity index (χ2n) is 7.20. The molecule has 6 nitrogen and oxygen atoms in total. The van der Waals surface area contributed by atoms with Crippen molar-refractivity contribution in [2.75, 3.05) is 5.32 Å². The molecule has 1 amide bonds. The zero-order valence-corrected chi connectivity index (χ0v) is 16.1. The van der Waals surface area contributed by atoms with Crippen LogP contribution in [0.2, 0.25) is 0 Å². The van der Waals surface area contributed by atoms with E-state index in [-0.39, 0.29) is 18.2 Å². The first-order chi connectivity index (χ1) is 13.8. The summed E-state index contributed by atoms with van der Waals surface area (Å²) in [7, 11) is 0. The van der Waals surface area contributed by atoms with Crippen LogP contribution in [0.15, 0.2) is 52.1 Å². The number of benzene rings is 2. The van der Waals surface area contributed by atoms with Crippen molar-refractivity contribution in [3.8, 4) is 0 Å². The van der Waals surface area contributed by atoms with Gasteiger partial charge in [0.15, 0.2) is 0 Å². The molecule has 1 N–H and O–H groups in total. The molecule has 0 fully saturated rings. The van der Waals surface area contributed by atoms with Crippen LogP contribution in [0.3, 0.4) is 0 Å². The largest absolute Gasteiger partial charge is 0.331 e. The van der Waals surface area contributed by atoms with Gasteiger partial charge in [0, 0.05) is 12.6 Å². The quantitative estimate of drug-likeness (QED) is 0.690. The van der Waals surface area contributed by atoms with Gasteiger partial charge in [0.2, 0.25) is 5.91 Å². The summed E-state index contributed by atoms with van der Waals surface area (Å²) in [5.74, 6) is -2.07. The predicted octanol–water partition coefficient (Wildman–Crippen LogP) is 3.13. The molecule has 29 heavy (non-hydrogen) atoms. The number of anilines is 1. The molecule has 1 aromatic heterocycles. The maximum atomic E-state index is 13.8. The lowest BCUT2D eigenvalue weighted by Gasteiger charge is -2.15. The van der Waals surface area contributed by atoms with Crippen LogP contribution in [-0.2, 0) is 17.9 Å². The smallest absolute Gasteiger partial charge is 0.322 e. The molecular weight excluding hydrogens is 380 g/mol. The number of nitrogens with zero attached hydrogens (tertiary/aromatic N) is 2. The maximum Gasteiger partial charge on any atom is 0.331 e. The first-order valence-electron chi connectivity index (χ1n) is 9.25. The van der Waals surface area contributed by atoms with E-state index >= 15 is 0 Å². The van der Waals surface area contributed by atoms with E-state index in [1.54, 1.807) is 24.3 Å². The molecule has 1 heterocycles. The minimum absolute atomic E-state index is 0.193. The number of amides is 1. The second kappa shape index (κ2) is 8.38. The number of hydrogen-bond donors (Lipinski definition) is 1. The number of rotatable bonds is 6. The van der Waals surface area contributed by atoms with Crippen LogP contribution in [0.25, 0.3) is 10.9 Å². The average Bonchev–Trinajstić information content (AvgIpc) is 2.67. The highest BCUT2D eigenvalue weighted by Crippen LogP contribution is 2.15. The average molecular weight is 401 g/mol. The predicted molar refractivity (Wildman–Crippen MR) is 107 cm³/mol. The molecule has 2 aromatic carbocycles. The van der Waals surface area contributed by atoms with Gasteiger partial charge in [-0.1, -0.05) is 26.0 Å². The van der Waals surface area contributed by atoms with Crippen LogP contribution in [0.4, 0.5) is 14.5 Å². The molecule has 0 aliphatic carbocycles. The van der Waals surface area contributed by atoms with Gasteiger partial charge in [-0.2, -0.15) is 0 Å². The van der Waals surface area contributed by atoms with E-state index in [0.717, 1.165) is 16.7 Å². The van der Waals surface area contributed by atoms with Crippen molar-refractivity contribution in [1.82, 2.24) is 9.13 Å². The van der Waals surface area contributed by atoms with Gasteiger partial charge in [-0.25, -0.2) is 13.6 Å². The molecular formula is C21H21F2N3O3. The number of para-hydroxylation sites is 1. The first-order valence-corrected chi connectivity index (χ1v) is 9.25. The van der Waals surface area contributed by atoms with Crippen molar-refractivity contribution in [3.63, 3.8) is 0 Å². The Morgan fingerprint density at radius 2 is 1.79 bits per heavy atom. The lowest BCUT2D eigenvalue weighted by Crippen LogP contribution is -2.42. The van der Waals surface area contributed by atoms with E-state index in [4.69, 9.17) is 0 Å². The molecule has 0 saturated heterocycles. The molecule has 8 heteroatoms. The van der Waals surface area contributed by atoms with Crippen molar-refractivity contribution in [3.05, 3.63) is 74.9 Å². The Morgan fingerprint density at radius 3 is 2.48 bits per heavy atom. The molecule has 152 valence electrons. The Kier molecular flexibility index (Phi) is 5.91. The number of halogens is 2. The number of carbonyl (C=O) groups excluding carboxylic acids is 1. The van der Waals surface area contributed by atoms with Crippen LogP contribution < -0.4 is 16.6 Å². The summed E-state index contributed by atoms with van der Waals surface area (Å²) in [6.45, 7) is 3.77. The Bertz CT molecular complexity index is 1180. The lowest BCUT2D eigenvalue weighted by molar-refractivity contribution is -0.116. The third-order valence-electron chi connectivity index (χ3n) is 4.57. The summed E-state index contributed by atoms with van der Waals surface area (Å²) in [6, 6.07) is 9.29. The fourth-order valence-corrected chi connectivity index (χ4v) is 3.03. The molecule has 3 aromatic rings. The summed E-state index contributed by atoms with van der Waals surface area (Å²) in [6.07, 6.45) is 0.625. The van der Waals surface area contributed by atoms with Crippen molar-refractivity contribution in [2.45, 2.75) is 33.4 Å². The summed E-state index contributed by atoms with van der Waals surface area (Å²) in [5, 5.41) is 2.65. The lowest BCUT2D eigenvalue weighted by atomic mass is 10.1. The van der Waals surface area contributed by atoms with Crippen molar-refractivity contribution < 1.29 is 13.6 Å². The summed E-state index contributed by atoms with van der Waals surface area (Å²) in [5.41, 5.74) is -0.892. The van der Waals surface area contributed by atoms with Gasteiger partial charge in [0.1, 0.15) is 18.2 Å². The number of aromatic nitrogens is 2. The topological polar surface area (TPSA) is 73.1 Å². The third-order valence-corrected chi connectivity index (χ3v) is 4.57. The van der Waals surface area contributed by atoms with E-state index in [0.29, 0.717) is 23.4 Å². The first kappa shape index (κ1) is 20.4. The number of nitrogens with one attached hydrogen (secondary N) is 1. The van der Waals surface area contributed by atoms with Gasteiger partial charge >= 0.3 is 5.69 Å². The van der Waals surface area contributed by atoms with E-state index < -0.39 is 35.3 Å². The second-order valence-corrected chi connectivity index (χ2v) is 7.20. The normalized spacial score (nSPS) is 11.2. The highest BCUT2D eigenvalue weighted by molar-refractivity contribution is 5.91. The zero-order valence-electron chi connectivity index (χ0n) is 16.1. The van der Waals surface area contributed by atoms with Crippen molar-refractivity contribution in [1.29, 1.82) is 0 Å². The van der Waals surface area contributed by atoms with Crippen molar-refractivity contribution in [2.24, 2.45) is 5.92 Å². The van der Waals surface area contributed by atoms with E-state index in [2.05, 4.69) is 5.32 Å². The molecule has 0 unspecified atom stereocenters. The van der Waals surface area contributed by atoms with Crippen LogP contribution in [0.5, 0.6) is 0 Å². The number of carbonyl (C=O) groups is 1. The molecule has 0 atom stereocenters. The van der Waals surface area contributed by atoms with Gasteiger partial charge in [0.05, 0.1) is 16.6 Å². The standard InChI is InChI=1S/C21H21F2N3O3/c1-13(2)9-10-25-20(28)15-5-3-4-6-18(15)26(21(25)29)12-19(27)24-17-8-7-14(22)11-16(17)23/h3-8,11,13H,9-10,12H2,1-2H3,(H,24,27). The molecule has 0 aliphatic rings. The Balaban J connectivity index is 2.00. The van der Waals surface area contributed by atoms with Gasteiger partial charge < -0.3 is 5.32 Å². The Morgan fingerprint density at radius 1 is 1.07 bits per heavy atom. The van der Waals surface area contributed by atoms with Gasteiger partial charge in [-0.15, -0.1) is 0 Å². The van der Waals surface area contributed by atoms with E-state index in [1.807, 2.05) is 13.8 Å². The number of fused-ring (bicyclic) bond motifs is 1. The molecule has 0 saturated carbocycles. The van der Waals surface area contributed by atoms with Gasteiger partial charge in [-0.3, -0.25) is 18.7 Å². The number of hydrogen-bond acceptors (Lipinski definition) is 3. The minimum atomic E-state index is -0.919. The fourth-order valence-electron chi connectivity index (χ4n) is 3.03. The van der Waals surface area contributed by atoms with Crippen LogP contribution in [-0.4, -0.2) is 15.0 Å². The van der Waals surface area contributed by atoms with E-state index in [1.165, 1.54) is 4.57 Å². The summed E-state index contributed by atoms with van der Waals surface area (Å²) >= 11 is 0. The maximum absolute atomic E-state index is 13.8. The molecule has 0 bridgehead atoms. The van der Waals surface area contributed by atoms with Crippen LogP contribution in [0.1, 0.15) is 20.3 Å². The SMILES string of the molecule is CC(C)CCn1c(=O)c2ccccc2n(CC(=O)Nc2ccc(F)cc2F)c1=O. The highest BCUT2D eigenvalue weighted by Gasteiger charge is 2.16. The third kappa shape index (κ3) is 4.42. The Labute approximate surface area is 165 Å². The summed E-state index contributed by atoms with van der Waals surface area (Å²) in [4.78, 5) is 38.1. The Hall–Kier alpha value is -3.29. The highest BCUT2D eigenvalue weighted by atomic mass is 19.1. The van der Waals surface area contributed by atoms with Gasteiger partial charge in [0.25, 0.3) is 5.56 Å². The molecule has 0 spiro atoms. The fraction of sp³-hybridized carbons (Fsp3) is 0.286. The zero-order chi connectivity index (χ0) is 21.1. The molecule has 3 rings (SSSR count). The van der Waals surface area contributed by atoms with Gasteiger partial charge in [-0.05, 0) is 36.6 Å². The summed E-state index contributed by atoms with van der Waals surface area (Å²) < 4.78 is 29.2. The van der Waals surface area contributed by atoms with Crippen molar-refractivity contribution >= 4 is 22.5 Å². The molecule has 0 aliphatic heterocycles. The van der Waals surface area contributed by atoms with Crippen LogP contribution >= 0.6 is 0 Å².